The summed E-state index contributed by atoms with van der Waals surface area (Å²) in [5, 5.41) is 2.31. The number of carbonyl (C=O) groups excluding carboxylic acids is 1. The van der Waals surface area contributed by atoms with Crippen molar-refractivity contribution in [3.63, 3.8) is 0 Å². The smallest absolute Gasteiger partial charge is 0.416 e. The van der Waals surface area contributed by atoms with Gasteiger partial charge in [-0.1, -0.05) is 6.07 Å². The molecular formula is C12H10F3NO3. The lowest BCUT2D eigenvalue weighted by Crippen LogP contribution is -2.21. The lowest BCUT2D eigenvalue weighted by atomic mass is 10.2. The average Bonchev–Trinajstić information content (AvgIpc) is 2.39. The highest BCUT2D eigenvalue weighted by molar-refractivity contribution is 6.02. The lowest BCUT2D eigenvalue weighted by molar-refractivity contribution is -0.137. The van der Waals surface area contributed by atoms with Crippen LogP contribution in [0.1, 0.15) is 5.56 Å². The molecule has 1 aromatic rings. The minimum absolute atomic E-state index is 0.0369. The molecule has 1 aromatic carbocycles. The van der Waals surface area contributed by atoms with E-state index in [2.05, 4.69) is 5.32 Å². The van der Waals surface area contributed by atoms with Crippen LogP contribution in [0, 0.1) is 0 Å². The standard InChI is InChI=1S/C12H10F3NO3/c13-12(14,15)8-2-1-3-9(6-8)16-11(17)10-7-18-4-5-19-10/h1-3,6-7H,4-5H2,(H,16,17). The van der Waals surface area contributed by atoms with Crippen molar-refractivity contribution in [2.75, 3.05) is 18.5 Å². The molecule has 7 heteroatoms. The van der Waals surface area contributed by atoms with Crippen molar-refractivity contribution < 1.29 is 27.4 Å². The number of carbonyl (C=O) groups is 1. The van der Waals surface area contributed by atoms with Crippen LogP contribution in [0.3, 0.4) is 0 Å². The van der Waals surface area contributed by atoms with Crippen molar-refractivity contribution >= 4 is 11.6 Å². The van der Waals surface area contributed by atoms with Gasteiger partial charge in [0.15, 0.2) is 0 Å². The second-order valence-electron chi connectivity index (χ2n) is 3.73. The number of hydrogen-bond acceptors (Lipinski definition) is 3. The summed E-state index contributed by atoms with van der Waals surface area (Å²) in [5.74, 6) is -0.720. The third-order valence-corrected chi connectivity index (χ3v) is 2.32. The molecule has 102 valence electrons. The van der Waals surface area contributed by atoms with E-state index in [1.54, 1.807) is 0 Å². The zero-order chi connectivity index (χ0) is 13.9. The number of benzene rings is 1. The molecule has 1 N–H and O–H groups in total. The Hall–Kier alpha value is -2.18. The number of rotatable bonds is 2. The molecule has 2 rings (SSSR count). The van der Waals surface area contributed by atoms with E-state index in [0.29, 0.717) is 6.61 Å². The Labute approximate surface area is 106 Å². The van der Waals surface area contributed by atoms with Crippen molar-refractivity contribution in [2.45, 2.75) is 6.18 Å². The van der Waals surface area contributed by atoms with Crippen LogP contribution in [-0.4, -0.2) is 19.1 Å². The van der Waals surface area contributed by atoms with Gasteiger partial charge in [-0.25, -0.2) is 0 Å². The SMILES string of the molecule is O=C(Nc1cccc(C(F)(F)F)c1)C1=COCCO1. The molecule has 19 heavy (non-hydrogen) atoms. The first-order valence-electron chi connectivity index (χ1n) is 5.40. The van der Waals surface area contributed by atoms with Gasteiger partial charge in [0.25, 0.3) is 5.91 Å². The number of halogens is 3. The molecule has 0 unspecified atom stereocenters. The number of ether oxygens (including phenoxy) is 2. The Morgan fingerprint density at radius 2 is 2.05 bits per heavy atom. The molecule has 0 radical (unpaired) electrons. The number of nitrogens with one attached hydrogen (secondary N) is 1. The Morgan fingerprint density at radius 1 is 1.26 bits per heavy atom. The molecular weight excluding hydrogens is 263 g/mol. The van der Waals surface area contributed by atoms with Gasteiger partial charge in [-0.15, -0.1) is 0 Å². The summed E-state index contributed by atoms with van der Waals surface area (Å²) >= 11 is 0. The van der Waals surface area contributed by atoms with Crippen LogP contribution in [-0.2, 0) is 20.4 Å². The van der Waals surface area contributed by atoms with E-state index in [4.69, 9.17) is 9.47 Å². The van der Waals surface area contributed by atoms with Crippen LogP contribution in [0.4, 0.5) is 18.9 Å². The molecule has 1 heterocycles. The topological polar surface area (TPSA) is 47.6 Å². The molecule has 1 amide bonds. The van der Waals surface area contributed by atoms with E-state index in [1.807, 2.05) is 0 Å². The van der Waals surface area contributed by atoms with E-state index >= 15 is 0 Å². The maximum absolute atomic E-state index is 12.5. The fraction of sp³-hybridized carbons (Fsp3) is 0.250. The average molecular weight is 273 g/mol. The molecule has 0 bridgehead atoms. The van der Waals surface area contributed by atoms with Crippen molar-refractivity contribution in [2.24, 2.45) is 0 Å². The second kappa shape index (κ2) is 5.21. The fourth-order valence-electron chi connectivity index (χ4n) is 1.45. The van der Waals surface area contributed by atoms with Crippen molar-refractivity contribution in [3.8, 4) is 0 Å². The van der Waals surface area contributed by atoms with Crippen molar-refractivity contribution in [3.05, 3.63) is 41.9 Å². The summed E-state index contributed by atoms with van der Waals surface area (Å²) in [6, 6.07) is 4.35. The Morgan fingerprint density at radius 3 is 2.68 bits per heavy atom. The minimum atomic E-state index is -4.45. The maximum atomic E-state index is 12.5. The first kappa shape index (κ1) is 13.3. The van der Waals surface area contributed by atoms with E-state index in [9.17, 15) is 18.0 Å². The van der Waals surface area contributed by atoms with Gasteiger partial charge in [-0.2, -0.15) is 13.2 Å². The van der Waals surface area contributed by atoms with Crippen LogP contribution < -0.4 is 5.32 Å². The van der Waals surface area contributed by atoms with Gasteiger partial charge in [-0.3, -0.25) is 4.79 Å². The molecule has 4 nitrogen and oxygen atoms in total. The summed E-state index contributed by atoms with van der Waals surface area (Å²) in [5.41, 5.74) is -0.796. The zero-order valence-electron chi connectivity index (χ0n) is 9.66. The molecule has 0 atom stereocenters. The van der Waals surface area contributed by atoms with Crippen molar-refractivity contribution in [1.29, 1.82) is 0 Å². The highest BCUT2D eigenvalue weighted by atomic mass is 19.4. The fourth-order valence-corrected chi connectivity index (χ4v) is 1.45. The van der Waals surface area contributed by atoms with Gasteiger partial charge < -0.3 is 14.8 Å². The summed E-state index contributed by atoms with van der Waals surface area (Å²) in [6.07, 6.45) is -3.32. The molecule has 0 aromatic heterocycles. The Bertz CT molecular complexity index is 511. The molecule has 0 saturated heterocycles. The largest absolute Gasteiger partial charge is 0.494 e. The quantitative estimate of drug-likeness (QED) is 0.900. The summed E-state index contributed by atoms with van der Waals surface area (Å²) < 4.78 is 47.4. The number of amides is 1. The first-order valence-corrected chi connectivity index (χ1v) is 5.40. The normalized spacial score (nSPS) is 15.0. The van der Waals surface area contributed by atoms with Crippen molar-refractivity contribution in [1.82, 2.24) is 0 Å². The van der Waals surface area contributed by atoms with E-state index in [1.165, 1.54) is 12.1 Å². The van der Waals surface area contributed by atoms with Crippen LogP contribution in [0.15, 0.2) is 36.3 Å². The second-order valence-corrected chi connectivity index (χ2v) is 3.73. The van der Waals surface area contributed by atoms with E-state index < -0.39 is 17.6 Å². The van der Waals surface area contributed by atoms with Gasteiger partial charge in [0.2, 0.25) is 5.76 Å². The van der Waals surface area contributed by atoms with Gasteiger partial charge in [0, 0.05) is 5.69 Å². The Kier molecular flexibility index (Phi) is 3.64. The third-order valence-electron chi connectivity index (χ3n) is 2.32. The van der Waals surface area contributed by atoms with E-state index in [-0.39, 0.29) is 18.1 Å². The first-order chi connectivity index (χ1) is 8.97. The molecule has 1 aliphatic heterocycles. The number of hydrogen-bond donors (Lipinski definition) is 1. The molecule has 0 aliphatic carbocycles. The zero-order valence-corrected chi connectivity index (χ0v) is 9.66. The predicted molar refractivity (Wildman–Crippen MR) is 60.1 cm³/mol. The summed E-state index contributed by atoms with van der Waals surface area (Å²) in [7, 11) is 0. The van der Waals surface area contributed by atoms with Gasteiger partial charge in [0.1, 0.15) is 19.5 Å². The number of alkyl halides is 3. The minimum Gasteiger partial charge on any atom is -0.494 e. The maximum Gasteiger partial charge on any atom is 0.416 e. The van der Waals surface area contributed by atoms with Crippen LogP contribution in [0.5, 0.6) is 0 Å². The highest BCUT2D eigenvalue weighted by Gasteiger charge is 2.30. The summed E-state index contributed by atoms with van der Waals surface area (Å²) in [4.78, 5) is 11.7. The van der Waals surface area contributed by atoms with Gasteiger partial charge >= 0.3 is 6.18 Å². The van der Waals surface area contributed by atoms with Gasteiger partial charge in [-0.05, 0) is 18.2 Å². The predicted octanol–water partition coefficient (Wildman–Crippen LogP) is 2.53. The van der Waals surface area contributed by atoms with Crippen LogP contribution in [0.2, 0.25) is 0 Å². The lowest BCUT2D eigenvalue weighted by Gasteiger charge is -2.15. The molecule has 0 spiro atoms. The van der Waals surface area contributed by atoms with E-state index in [0.717, 1.165) is 18.4 Å². The van der Waals surface area contributed by atoms with Crippen LogP contribution >= 0.6 is 0 Å². The highest BCUT2D eigenvalue weighted by Crippen LogP contribution is 2.30. The number of anilines is 1. The molecule has 0 fully saturated rings. The Balaban J connectivity index is 2.11. The van der Waals surface area contributed by atoms with Gasteiger partial charge in [0.05, 0.1) is 5.56 Å². The summed E-state index contributed by atoms with van der Waals surface area (Å²) in [6.45, 7) is 0.558. The third kappa shape index (κ3) is 3.40. The molecule has 1 aliphatic rings. The molecule has 0 saturated carbocycles. The monoisotopic (exact) mass is 273 g/mol. The van der Waals surface area contributed by atoms with Crippen LogP contribution in [0.25, 0.3) is 0 Å².